The highest BCUT2D eigenvalue weighted by Gasteiger charge is 2.22. The number of nitrogens with one attached hydrogen (secondary N) is 2. The van der Waals surface area contributed by atoms with E-state index in [1.807, 2.05) is 42.5 Å². The van der Waals surface area contributed by atoms with Gasteiger partial charge in [-0.1, -0.05) is 60.7 Å². The molecule has 0 saturated carbocycles. The lowest BCUT2D eigenvalue weighted by atomic mass is 9.99. The third-order valence-electron chi connectivity index (χ3n) is 5.51. The van der Waals surface area contributed by atoms with Gasteiger partial charge in [-0.3, -0.25) is 14.9 Å². The number of carbonyl (C=O) groups excluding carboxylic acids is 2. The molecule has 0 unspecified atom stereocenters. The molecular weight excluding hydrogens is 480 g/mol. The summed E-state index contributed by atoms with van der Waals surface area (Å²) < 4.78 is 30.0. The third-order valence-corrected chi connectivity index (χ3v) is 5.93. The second kappa shape index (κ2) is 12.5. The zero-order valence-corrected chi connectivity index (χ0v) is 20.7. The highest BCUT2D eigenvalue weighted by Crippen LogP contribution is 2.29. The van der Waals surface area contributed by atoms with Gasteiger partial charge in [0.15, 0.2) is 0 Å². The van der Waals surface area contributed by atoms with Gasteiger partial charge < -0.3 is 10.5 Å². The van der Waals surface area contributed by atoms with Crippen molar-refractivity contribution in [1.82, 2.24) is 4.90 Å². The van der Waals surface area contributed by atoms with Gasteiger partial charge in [0.1, 0.15) is 5.84 Å². The van der Waals surface area contributed by atoms with E-state index in [1.165, 1.54) is 7.11 Å². The van der Waals surface area contributed by atoms with Crippen LogP contribution >= 0.6 is 0 Å². The Labute approximate surface area is 211 Å². The van der Waals surface area contributed by atoms with Crippen LogP contribution in [0.3, 0.4) is 0 Å². The van der Waals surface area contributed by atoms with Gasteiger partial charge in [-0.25, -0.2) is 18.1 Å². The SMILES string of the molecule is COC(=O)N(Cc1cccc(C(=N)N)c1)C(=O)CCCc1ccc(-c2ccccc2)c(N[SH](=O)=O)c1. The summed E-state index contributed by atoms with van der Waals surface area (Å²) in [7, 11) is -1.64. The second-order valence-electron chi connectivity index (χ2n) is 8.03. The van der Waals surface area contributed by atoms with Crippen LogP contribution in [0.1, 0.15) is 29.5 Å². The van der Waals surface area contributed by atoms with Crippen molar-refractivity contribution in [2.24, 2.45) is 5.73 Å². The maximum Gasteiger partial charge on any atom is 0.416 e. The minimum atomic E-state index is -2.85. The van der Waals surface area contributed by atoms with E-state index in [0.29, 0.717) is 29.7 Å². The summed E-state index contributed by atoms with van der Waals surface area (Å²) in [6.45, 7) is -0.0109. The Balaban J connectivity index is 1.70. The molecule has 0 radical (unpaired) electrons. The van der Waals surface area contributed by atoms with Crippen LogP contribution in [-0.2, 0) is 33.4 Å². The molecule has 0 aliphatic carbocycles. The second-order valence-corrected chi connectivity index (χ2v) is 8.77. The molecule has 2 amide bonds. The van der Waals surface area contributed by atoms with Crippen LogP contribution in [0.5, 0.6) is 0 Å². The van der Waals surface area contributed by atoms with Gasteiger partial charge in [-0.2, -0.15) is 0 Å². The smallest absolute Gasteiger partial charge is 0.416 e. The first-order valence-corrected chi connectivity index (χ1v) is 12.4. The Morgan fingerprint density at radius 2 is 1.75 bits per heavy atom. The molecule has 0 saturated heterocycles. The molecule has 4 N–H and O–H groups in total. The number of aryl methyl sites for hydroxylation is 1. The van der Waals surface area contributed by atoms with Crippen molar-refractivity contribution in [1.29, 1.82) is 5.41 Å². The maximum absolute atomic E-state index is 12.9. The van der Waals surface area contributed by atoms with Gasteiger partial charge in [0, 0.05) is 17.5 Å². The van der Waals surface area contributed by atoms with Crippen LogP contribution in [0.2, 0.25) is 0 Å². The number of nitrogen functional groups attached to an aromatic ring is 1. The van der Waals surface area contributed by atoms with Crippen molar-refractivity contribution in [3.05, 3.63) is 89.5 Å². The molecule has 188 valence electrons. The molecule has 3 rings (SSSR count). The lowest BCUT2D eigenvalue weighted by Crippen LogP contribution is -2.36. The molecule has 0 atom stereocenters. The fourth-order valence-electron chi connectivity index (χ4n) is 3.77. The Bertz CT molecular complexity index is 1320. The number of ether oxygens (including phenoxy) is 1. The van der Waals surface area contributed by atoms with Crippen molar-refractivity contribution in [3.8, 4) is 11.1 Å². The van der Waals surface area contributed by atoms with E-state index in [4.69, 9.17) is 15.9 Å². The minimum absolute atomic E-state index is 0.0109. The number of nitrogens with two attached hydrogens (primary N) is 1. The molecule has 0 spiro atoms. The zero-order chi connectivity index (χ0) is 26.1. The first-order chi connectivity index (χ1) is 17.3. The number of rotatable bonds is 10. The number of thiol groups is 1. The van der Waals surface area contributed by atoms with Crippen LogP contribution < -0.4 is 10.5 Å². The Morgan fingerprint density at radius 3 is 2.42 bits per heavy atom. The standard InChI is InChI=1S/C26H28N4O5S/c1-35-26(32)30(17-19-8-5-11-21(15-19)25(27)28)24(31)12-6-7-18-13-14-22(20-9-3-2-4-10-20)23(16-18)29-36(33)34/h2-5,8-11,13-16,36H,6-7,12,17H2,1H3,(H3,27,28)(H,29,33,34). The van der Waals surface area contributed by atoms with E-state index in [0.717, 1.165) is 21.6 Å². The number of anilines is 1. The van der Waals surface area contributed by atoms with Crippen molar-refractivity contribution >= 4 is 34.4 Å². The number of nitrogens with zero attached hydrogens (tertiary/aromatic N) is 1. The summed E-state index contributed by atoms with van der Waals surface area (Å²) >= 11 is 0. The summed E-state index contributed by atoms with van der Waals surface area (Å²) in [5.41, 5.74) is 9.60. The number of hydrogen-bond acceptors (Lipinski definition) is 6. The summed E-state index contributed by atoms with van der Waals surface area (Å²) in [4.78, 5) is 26.2. The van der Waals surface area contributed by atoms with Crippen LogP contribution in [0, 0.1) is 5.41 Å². The van der Waals surface area contributed by atoms with Gasteiger partial charge in [0.25, 0.3) is 0 Å². The largest absolute Gasteiger partial charge is 0.452 e. The quantitative estimate of drug-likeness (QED) is 0.187. The minimum Gasteiger partial charge on any atom is -0.452 e. The Kier molecular flexibility index (Phi) is 9.18. The predicted molar refractivity (Wildman–Crippen MR) is 139 cm³/mol. The fraction of sp³-hybridized carbons (Fsp3) is 0.192. The van der Waals surface area contributed by atoms with Gasteiger partial charge in [-0.15, -0.1) is 0 Å². The molecule has 3 aromatic rings. The van der Waals surface area contributed by atoms with Crippen LogP contribution in [0.25, 0.3) is 11.1 Å². The molecular formula is C26H28N4O5S. The Hall–Kier alpha value is -4.18. The van der Waals surface area contributed by atoms with E-state index in [9.17, 15) is 18.0 Å². The van der Waals surface area contributed by atoms with E-state index in [1.54, 1.807) is 30.3 Å². The Morgan fingerprint density at radius 1 is 1.00 bits per heavy atom. The van der Waals surface area contributed by atoms with Gasteiger partial charge in [0.2, 0.25) is 16.8 Å². The van der Waals surface area contributed by atoms with Crippen LogP contribution in [0.15, 0.2) is 72.8 Å². The molecule has 0 aromatic heterocycles. The molecule has 0 heterocycles. The first-order valence-electron chi connectivity index (χ1n) is 11.2. The topological polar surface area (TPSA) is 143 Å². The van der Waals surface area contributed by atoms with Crippen molar-refractivity contribution in [2.75, 3.05) is 11.8 Å². The lowest BCUT2D eigenvalue weighted by molar-refractivity contribution is -0.129. The average molecular weight is 509 g/mol. The average Bonchev–Trinajstić information content (AvgIpc) is 2.87. The molecule has 9 nitrogen and oxygen atoms in total. The van der Waals surface area contributed by atoms with E-state index >= 15 is 0 Å². The molecule has 0 aliphatic heterocycles. The predicted octanol–water partition coefficient (Wildman–Crippen LogP) is 3.69. The molecule has 10 heteroatoms. The fourth-order valence-corrected chi connectivity index (χ4v) is 4.15. The monoisotopic (exact) mass is 508 g/mol. The van der Waals surface area contributed by atoms with Gasteiger partial charge in [-0.05, 0) is 41.7 Å². The maximum atomic E-state index is 12.9. The van der Waals surface area contributed by atoms with Crippen molar-refractivity contribution < 1.29 is 22.7 Å². The number of imide groups is 1. The number of hydrogen-bond donors (Lipinski definition) is 4. The summed E-state index contributed by atoms with van der Waals surface area (Å²) in [5, 5.41) is 7.57. The third kappa shape index (κ3) is 7.16. The number of carbonyl (C=O) groups is 2. The molecule has 0 aliphatic rings. The van der Waals surface area contributed by atoms with Crippen LogP contribution in [-0.4, -0.2) is 38.3 Å². The number of amides is 2. The normalized spacial score (nSPS) is 10.6. The van der Waals surface area contributed by atoms with Crippen molar-refractivity contribution in [2.45, 2.75) is 25.8 Å². The van der Waals surface area contributed by atoms with Crippen LogP contribution in [0.4, 0.5) is 10.5 Å². The highest BCUT2D eigenvalue weighted by atomic mass is 32.2. The van der Waals surface area contributed by atoms with Gasteiger partial charge >= 0.3 is 6.09 Å². The molecule has 3 aromatic carbocycles. The summed E-state index contributed by atoms with van der Waals surface area (Å²) in [6.07, 6.45) is 0.250. The molecule has 0 fully saturated rings. The lowest BCUT2D eigenvalue weighted by Gasteiger charge is -2.20. The molecule has 36 heavy (non-hydrogen) atoms. The number of benzene rings is 3. The van der Waals surface area contributed by atoms with E-state index in [-0.39, 0.29) is 18.8 Å². The number of amidine groups is 1. The molecule has 0 bridgehead atoms. The number of methoxy groups -OCH3 is 1. The van der Waals surface area contributed by atoms with Gasteiger partial charge in [0.05, 0.1) is 19.3 Å². The zero-order valence-electron chi connectivity index (χ0n) is 19.8. The van der Waals surface area contributed by atoms with E-state index < -0.39 is 22.9 Å². The van der Waals surface area contributed by atoms with E-state index in [2.05, 4.69) is 4.72 Å². The highest BCUT2D eigenvalue weighted by molar-refractivity contribution is 7.73. The summed E-state index contributed by atoms with van der Waals surface area (Å²) in [6, 6.07) is 21.7. The summed E-state index contributed by atoms with van der Waals surface area (Å²) in [5.74, 6) is -0.515. The van der Waals surface area contributed by atoms with Crippen molar-refractivity contribution in [3.63, 3.8) is 0 Å². The first kappa shape index (κ1) is 26.4.